The SMILES string of the molecule is N#Cc1cc(N)cc(C(=O)NO)c1. The van der Waals surface area contributed by atoms with Gasteiger partial charge in [0, 0.05) is 11.3 Å². The first kappa shape index (κ1) is 9.03. The number of rotatable bonds is 1. The smallest absolute Gasteiger partial charge is 0.274 e. The highest BCUT2D eigenvalue weighted by molar-refractivity contribution is 5.94. The van der Waals surface area contributed by atoms with Gasteiger partial charge in [0.2, 0.25) is 0 Å². The van der Waals surface area contributed by atoms with Crippen molar-refractivity contribution in [1.82, 2.24) is 5.48 Å². The summed E-state index contributed by atoms with van der Waals surface area (Å²) in [6.45, 7) is 0. The van der Waals surface area contributed by atoms with Crippen molar-refractivity contribution < 1.29 is 10.0 Å². The van der Waals surface area contributed by atoms with Crippen molar-refractivity contribution in [1.29, 1.82) is 5.26 Å². The van der Waals surface area contributed by atoms with Crippen LogP contribution in [-0.2, 0) is 0 Å². The van der Waals surface area contributed by atoms with Gasteiger partial charge < -0.3 is 5.73 Å². The number of nitrogen functional groups attached to an aromatic ring is 1. The van der Waals surface area contributed by atoms with Crippen LogP contribution in [-0.4, -0.2) is 11.1 Å². The number of carbonyl (C=O) groups excluding carboxylic acids is 1. The molecule has 0 atom stereocenters. The van der Waals surface area contributed by atoms with Crippen molar-refractivity contribution in [2.45, 2.75) is 0 Å². The van der Waals surface area contributed by atoms with E-state index >= 15 is 0 Å². The average Bonchev–Trinajstić information content (AvgIpc) is 2.15. The normalized spacial score (nSPS) is 8.92. The van der Waals surface area contributed by atoms with Crippen molar-refractivity contribution in [2.75, 3.05) is 5.73 Å². The third kappa shape index (κ3) is 1.95. The van der Waals surface area contributed by atoms with Crippen molar-refractivity contribution in [3.63, 3.8) is 0 Å². The molecule has 0 spiro atoms. The number of amides is 1. The number of hydroxylamine groups is 1. The van der Waals surface area contributed by atoms with Gasteiger partial charge >= 0.3 is 0 Å². The number of nitrogens with zero attached hydrogens (tertiary/aromatic N) is 1. The van der Waals surface area contributed by atoms with Crippen molar-refractivity contribution >= 4 is 11.6 Å². The molecule has 0 aliphatic heterocycles. The number of carbonyl (C=O) groups is 1. The van der Waals surface area contributed by atoms with E-state index in [1.54, 1.807) is 0 Å². The molecule has 4 N–H and O–H groups in total. The molecule has 1 amide bonds. The molecule has 0 radical (unpaired) electrons. The molecule has 0 aliphatic carbocycles. The molecule has 1 aromatic rings. The molecular weight excluding hydrogens is 170 g/mol. The third-order valence-electron chi connectivity index (χ3n) is 1.45. The minimum Gasteiger partial charge on any atom is -0.399 e. The van der Waals surface area contributed by atoms with E-state index in [1.165, 1.54) is 23.7 Å². The number of nitrogens with one attached hydrogen (secondary N) is 1. The molecule has 0 aliphatic rings. The predicted octanol–water partition coefficient (Wildman–Crippen LogP) is 0.259. The van der Waals surface area contributed by atoms with Gasteiger partial charge in [-0.2, -0.15) is 5.26 Å². The number of nitriles is 1. The first-order chi connectivity index (χ1) is 6.17. The van der Waals surface area contributed by atoms with Crippen LogP contribution in [0.2, 0.25) is 0 Å². The molecule has 13 heavy (non-hydrogen) atoms. The van der Waals surface area contributed by atoms with Gasteiger partial charge in [0.05, 0.1) is 11.6 Å². The summed E-state index contributed by atoms with van der Waals surface area (Å²) in [5.41, 5.74) is 7.60. The third-order valence-corrected chi connectivity index (χ3v) is 1.45. The summed E-state index contributed by atoms with van der Waals surface area (Å²) in [4.78, 5) is 10.9. The highest BCUT2D eigenvalue weighted by Gasteiger charge is 2.05. The lowest BCUT2D eigenvalue weighted by atomic mass is 10.1. The van der Waals surface area contributed by atoms with E-state index in [9.17, 15) is 4.79 Å². The summed E-state index contributed by atoms with van der Waals surface area (Å²) in [6.07, 6.45) is 0. The zero-order chi connectivity index (χ0) is 9.84. The number of benzene rings is 1. The number of hydrogen-bond donors (Lipinski definition) is 3. The standard InChI is InChI=1S/C8H7N3O2/c9-4-5-1-6(8(12)11-13)3-7(10)2-5/h1-3,13H,10H2,(H,11,12). The maximum atomic E-state index is 10.9. The summed E-state index contributed by atoms with van der Waals surface area (Å²) in [5.74, 6) is -0.691. The Hall–Kier alpha value is -2.06. The Labute approximate surface area is 74.4 Å². The van der Waals surface area contributed by atoms with Crippen molar-refractivity contribution in [3.8, 4) is 6.07 Å². The Morgan fingerprint density at radius 2 is 2.23 bits per heavy atom. The van der Waals surface area contributed by atoms with Gasteiger partial charge in [-0.25, -0.2) is 5.48 Å². The fraction of sp³-hybridized carbons (Fsp3) is 0. The van der Waals surface area contributed by atoms with E-state index in [1.807, 2.05) is 6.07 Å². The number of anilines is 1. The molecule has 0 unspecified atom stereocenters. The van der Waals surface area contributed by atoms with E-state index in [2.05, 4.69) is 0 Å². The van der Waals surface area contributed by atoms with E-state index < -0.39 is 5.91 Å². The molecule has 0 saturated heterocycles. The van der Waals surface area contributed by atoms with Crippen LogP contribution in [0.5, 0.6) is 0 Å². The zero-order valence-electron chi connectivity index (χ0n) is 6.61. The fourth-order valence-electron chi connectivity index (χ4n) is 0.912. The average molecular weight is 177 g/mol. The lowest BCUT2D eigenvalue weighted by molar-refractivity contribution is 0.0706. The predicted molar refractivity (Wildman–Crippen MR) is 44.8 cm³/mol. The second-order valence-corrected chi connectivity index (χ2v) is 2.40. The minimum atomic E-state index is -0.691. The van der Waals surface area contributed by atoms with E-state index in [-0.39, 0.29) is 11.1 Å². The second kappa shape index (κ2) is 3.56. The van der Waals surface area contributed by atoms with Crippen molar-refractivity contribution in [2.24, 2.45) is 0 Å². The Morgan fingerprint density at radius 1 is 1.54 bits per heavy atom. The van der Waals surface area contributed by atoms with Crippen molar-refractivity contribution in [3.05, 3.63) is 29.3 Å². The van der Waals surface area contributed by atoms with Gasteiger partial charge in [0.15, 0.2) is 0 Å². The molecule has 0 saturated carbocycles. The lowest BCUT2D eigenvalue weighted by Gasteiger charge is -2.00. The highest BCUT2D eigenvalue weighted by atomic mass is 16.5. The monoisotopic (exact) mass is 177 g/mol. The molecule has 66 valence electrons. The molecular formula is C8H7N3O2. The first-order valence-electron chi connectivity index (χ1n) is 3.42. The Balaban J connectivity index is 3.17. The molecule has 0 aromatic heterocycles. The summed E-state index contributed by atoms with van der Waals surface area (Å²) in [5, 5.41) is 16.9. The van der Waals surface area contributed by atoms with E-state index in [0.29, 0.717) is 5.69 Å². The Bertz CT molecular complexity index is 381. The van der Waals surface area contributed by atoms with Crippen LogP contribution in [0.25, 0.3) is 0 Å². The largest absolute Gasteiger partial charge is 0.399 e. The van der Waals surface area contributed by atoms with Gasteiger partial charge in [-0.1, -0.05) is 0 Å². The topological polar surface area (TPSA) is 99.1 Å². The van der Waals surface area contributed by atoms with Crippen LogP contribution < -0.4 is 11.2 Å². The van der Waals surface area contributed by atoms with Gasteiger partial charge in [-0.05, 0) is 18.2 Å². The van der Waals surface area contributed by atoms with Crippen LogP contribution in [0.4, 0.5) is 5.69 Å². The second-order valence-electron chi connectivity index (χ2n) is 2.40. The van der Waals surface area contributed by atoms with Crippen LogP contribution in [0, 0.1) is 11.3 Å². The number of nitrogens with two attached hydrogens (primary N) is 1. The quantitative estimate of drug-likeness (QED) is 0.325. The lowest BCUT2D eigenvalue weighted by Crippen LogP contribution is -2.18. The van der Waals surface area contributed by atoms with Crippen LogP contribution >= 0.6 is 0 Å². The molecule has 1 aromatic carbocycles. The van der Waals surface area contributed by atoms with Crippen LogP contribution in [0.1, 0.15) is 15.9 Å². The summed E-state index contributed by atoms with van der Waals surface area (Å²) < 4.78 is 0. The van der Waals surface area contributed by atoms with Crippen LogP contribution in [0.15, 0.2) is 18.2 Å². The molecule has 0 fully saturated rings. The zero-order valence-corrected chi connectivity index (χ0v) is 6.61. The molecule has 5 heteroatoms. The van der Waals surface area contributed by atoms with Gasteiger partial charge in [0.25, 0.3) is 5.91 Å². The van der Waals surface area contributed by atoms with Gasteiger partial charge in [-0.3, -0.25) is 10.0 Å². The summed E-state index contributed by atoms with van der Waals surface area (Å²) >= 11 is 0. The maximum Gasteiger partial charge on any atom is 0.274 e. The molecule has 1 rings (SSSR count). The van der Waals surface area contributed by atoms with E-state index in [4.69, 9.17) is 16.2 Å². The van der Waals surface area contributed by atoms with Gasteiger partial charge in [-0.15, -0.1) is 0 Å². The van der Waals surface area contributed by atoms with Gasteiger partial charge in [0.1, 0.15) is 0 Å². The molecule has 0 bridgehead atoms. The van der Waals surface area contributed by atoms with E-state index in [0.717, 1.165) is 0 Å². The Kier molecular flexibility index (Phi) is 2.47. The first-order valence-corrected chi connectivity index (χ1v) is 3.42. The Morgan fingerprint density at radius 3 is 2.77 bits per heavy atom. The number of hydrogen-bond acceptors (Lipinski definition) is 4. The molecule has 0 heterocycles. The highest BCUT2D eigenvalue weighted by Crippen LogP contribution is 2.10. The summed E-state index contributed by atoms with van der Waals surface area (Å²) in [6, 6.07) is 5.99. The summed E-state index contributed by atoms with van der Waals surface area (Å²) in [7, 11) is 0. The van der Waals surface area contributed by atoms with Crippen LogP contribution in [0.3, 0.4) is 0 Å². The molecule has 5 nitrogen and oxygen atoms in total. The minimum absolute atomic E-state index is 0.152. The maximum absolute atomic E-state index is 10.9. The fourth-order valence-corrected chi connectivity index (χ4v) is 0.912.